The van der Waals surface area contributed by atoms with E-state index in [4.69, 9.17) is 0 Å². The molecule has 3 heterocycles. The lowest BCUT2D eigenvalue weighted by Crippen LogP contribution is -2.45. The first-order chi connectivity index (χ1) is 11.6. The van der Waals surface area contributed by atoms with Gasteiger partial charge in [-0.3, -0.25) is 4.98 Å². The first kappa shape index (κ1) is 15.6. The molecule has 1 saturated heterocycles. The number of aromatic nitrogens is 1. The lowest BCUT2D eigenvalue weighted by atomic mass is 9.89. The molecule has 0 bridgehead atoms. The molecule has 0 aliphatic carbocycles. The maximum atomic E-state index is 4.45. The molecule has 0 radical (unpaired) electrons. The van der Waals surface area contributed by atoms with Crippen LogP contribution in [-0.2, 0) is 6.42 Å². The quantitative estimate of drug-likeness (QED) is 0.862. The summed E-state index contributed by atoms with van der Waals surface area (Å²) in [5, 5.41) is 0. The van der Waals surface area contributed by atoms with E-state index >= 15 is 0 Å². The van der Waals surface area contributed by atoms with E-state index in [1.165, 1.54) is 36.3 Å². The highest BCUT2D eigenvalue weighted by Gasteiger charge is 2.40. The molecule has 2 aliphatic rings. The number of likely N-dealkylation sites (tertiary alicyclic amines) is 1. The zero-order chi connectivity index (χ0) is 16.7. The molecule has 4 rings (SSSR count). The molecule has 24 heavy (non-hydrogen) atoms. The fourth-order valence-electron chi connectivity index (χ4n) is 4.37. The van der Waals surface area contributed by atoms with Gasteiger partial charge in [0.15, 0.2) is 0 Å². The van der Waals surface area contributed by atoms with Crippen LogP contribution in [-0.4, -0.2) is 42.6 Å². The predicted molar refractivity (Wildman–Crippen MR) is 99.8 cm³/mol. The molecule has 126 valence electrons. The number of likely N-dealkylation sites (N-methyl/N-ethyl adjacent to an activating group) is 1. The second kappa shape index (κ2) is 6.21. The molecule has 3 heteroatoms. The van der Waals surface area contributed by atoms with Gasteiger partial charge >= 0.3 is 0 Å². The van der Waals surface area contributed by atoms with Crippen molar-refractivity contribution in [3.63, 3.8) is 0 Å². The number of anilines is 1. The van der Waals surface area contributed by atoms with E-state index in [0.29, 0.717) is 12.0 Å². The number of hydrogen-bond donors (Lipinski definition) is 0. The molecule has 0 spiro atoms. The number of hydrogen-bond acceptors (Lipinski definition) is 3. The van der Waals surface area contributed by atoms with Crippen molar-refractivity contribution in [1.82, 2.24) is 9.88 Å². The Labute approximate surface area is 145 Å². The average molecular weight is 321 g/mol. The van der Waals surface area contributed by atoms with Gasteiger partial charge in [-0.1, -0.05) is 23.8 Å². The molecule has 0 N–H and O–H groups in total. The van der Waals surface area contributed by atoms with Crippen molar-refractivity contribution >= 4 is 5.69 Å². The highest BCUT2D eigenvalue weighted by atomic mass is 15.2. The SMILES string of the molecule is Cc1ccc2c(c1)C1CN(C)CCC1N2CCc1ccc(C)nc1. The van der Waals surface area contributed by atoms with Crippen molar-refractivity contribution in [2.45, 2.75) is 38.6 Å². The zero-order valence-corrected chi connectivity index (χ0v) is 15.0. The van der Waals surface area contributed by atoms with Gasteiger partial charge < -0.3 is 9.80 Å². The molecule has 2 aliphatic heterocycles. The maximum absolute atomic E-state index is 4.45. The Morgan fingerprint density at radius 3 is 2.83 bits per heavy atom. The van der Waals surface area contributed by atoms with Gasteiger partial charge in [-0.25, -0.2) is 0 Å². The summed E-state index contributed by atoms with van der Waals surface area (Å²) in [7, 11) is 2.26. The first-order valence-electron chi connectivity index (χ1n) is 9.09. The Morgan fingerprint density at radius 2 is 2.04 bits per heavy atom. The molecular weight excluding hydrogens is 294 g/mol. The van der Waals surface area contributed by atoms with E-state index in [1.54, 1.807) is 5.56 Å². The molecule has 1 fully saturated rings. The van der Waals surface area contributed by atoms with Gasteiger partial charge in [0, 0.05) is 42.6 Å². The van der Waals surface area contributed by atoms with Crippen molar-refractivity contribution in [2.75, 3.05) is 31.6 Å². The minimum atomic E-state index is 0.662. The van der Waals surface area contributed by atoms with Crippen molar-refractivity contribution < 1.29 is 0 Å². The topological polar surface area (TPSA) is 19.4 Å². The molecule has 1 aromatic heterocycles. The van der Waals surface area contributed by atoms with Crippen LogP contribution in [0.2, 0.25) is 0 Å². The molecule has 2 unspecified atom stereocenters. The normalized spacial score (nSPS) is 23.2. The van der Waals surface area contributed by atoms with E-state index < -0.39 is 0 Å². The van der Waals surface area contributed by atoms with Gasteiger partial charge in [0.2, 0.25) is 0 Å². The molecule has 0 amide bonds. The predicted octanol–water partition coefficient (Wildman–Crippen LogP) is 3.55. The second-order valence-corrected chi connectivity index (χ2v) is 7.54. The summed E-state index contributed by atoms with van der Waals surface area (Å²) >= 11 is 0. The number of benzene rings is 1. The smallest absolute Gasteiger partial charge is 0.0405 e. The van der Waals surface area contributed by atoms with E-state index in [-0.39, 0.29) is 0 Å². The van der Waals surface area contributed by atoms with Crippen molar-refractivity contribution in [3.8, 4) is 0 Å². The van der Waals surface area contributed by atoms with Gasteiger partial charge in [0.05, 0.1) is 0 Å². The van der Waals surface area contributed by atoms with Gasteiger partial charge in [-0.15, -0.1) is 0 Å². The summed E-state index contributed by atoms with van der Waals surface area (Å²) in [4.78, 5) is 9.61. The molecule has 2 atom stereocenters. The summed E-state index contributed by atoms with van der Waals surface area (Å²) in [6.07, 6.45) is 4.37. The lowest BCUT2D eigenvalue weighted by Gasteiger charge is -2.37. The number of aryl methyl sites for hydroxylation is 2. The number of nitrogens with zero attached hydrogens (tertiary/aromatic N) is 3. The van der Waals surface area contributed by atoms with Gasteiger partial charge in [0.25, 0.3) is 0 Å². The largest absolute Gasteiger partial charge is 0.367 e. The van der Waals surface area contributed by atoms with E-state index in [1.807, 2.05) is 13.1 Å². The molecular formula is C21H27N3. The van der Waals surface area contributed by atoms with E-state index in [2.05, 4.69) is 59.1 Å². The molecule has 2 aromatic rings. The summed E-state index contributed by atoms with van der Waals surface area (Å²) < 4.78 is 0. The summed E-state index contributed by atoms with van der Waals surface area (Å²) in [6, 6.07) is 12.0. The molecule has 0 saturated carbocycles. The van der Waals surface area contributed by atoms with Crippen molar-refractivity contribution in [3.05, 3.63) is 58.9 Å². The number of piperidine rings is 1. The number of fused-ring (bicyclic) bond motifs is 3. The third kappa shape index (κ3) is 2.82. The summed E-state index contributed by atoms with van der Waals surface area (Å²) in [6.45, 7) is 7.74. The van der Waals surface area contributed by atoms with E-state index in [0.717, 1.165) is 18.7 Å². The van der Waals surface area contributed by atoms with Crippen LogP contribution in [0.25, 0.3) is 0 Å². The van der Waals surface area contributed by atoms with Crippen LogP contribution >= 0.6 is 0 Å². The van der Waals surface area contributed by atoms with Crippen LogP contribution in [0.4, 0.5) is 5.69 Å². The Balaban J connectivity index is 1.59. The van der Waals surface area contributed by atoms with Crippen LogP contribution in [0.5, 0.6) is 0 Å². The van der Waals surface area contributed by atoms with Crippen molar-refractivity contribution in [1.29, 1.82) is 0 Å². The average Bonchev–Trinajstić information content (AvgIpc) is 2.87. The fourth-order valence-corrected chi connectivity index (χ4v) is 4.37. The monoisotopic (exact) mass is 321 g/mol. The molecule has 1 aromatic carbocycles. The van der Waals surface area contributed by atoms with Gasteiger partial charge in [-0.05, 0) is 63.5 Å². The Bertz CT molecular complexity index is 722. The highest BCUT2D eigenvalue weighted by Crippen LogP contribution is 2.44. The van der Waals surface area contributed by atoms with Crippen LogP contribution in [0.15, 0.2) is 36.5 Å². The van der Waals surface area contributed by atoms with Crippen LogP contribution in [0.1, 0.15) is 34.7 Å². The van der Waals surface area contributed by atoms with Crippen LogP contribution in [0.3, 0.4) is 0 Å². The highest BCUT2D eigenvalue weighted by molar-refractivity contribution is 5.63. The first-order valence-corrected chi connectivity index (χ1v) is 9.09. The Morgan fingerprint density at radius 1 is 1.17 bits per heavy atom. The Kier molecular flexibility index (Phi) is 4.05. The minimum absolute atomic E-state index is 0.662. The van der Waals surface area contributed by atoms with Crippen LogP contribution in [0, 0.1) is 13.8 Å². The van der Waals surface area contributed by atoms with Gasteiger partial charge in [0.1, 0.15) is 0 Å². The summed E-state index contributed by atoms with van der Waals surface area (Å²) in [5.41, 5.74) is 6.84. The number of rotatable bonds is 3. The molecule has 3 nitrogen and oxygen atoms in total. The third-order valence-corrected chi connectivity index (χ3v) is 5.69. The zero-order valence-electron chi connectivity index (χ0n) is 15.0. The third-order valence-electron chi connectivity index (χ3n) is 5.69. The Hall–Kier alpha value is -1.87. The van der Waals surface area contributed by atoms with Gasteiger partial charge in [-0.2, -0.15) is 0 Å². The van der Waals surface area contributed by atoms with Crippen LogP contribution < -0.4 is 4.90 Å². The fraction of sp³-hybridized carbons (Fsp3) is 0.476. The second-order valence-electron chi connectivity index (χ2n) is 7.54. The standard InChI is InChI=1S/C21H27N3/c1-15-4-7-20-18(12-15)19-14-23(3)10-9-21(19)24(20)11-8-17-6-5-16(2)22-13-17/h4-7,12-13,19,21H,8-11,14H2,1-3H3. The number of pyridine rings is 1. The minimum Gasteiger partial charge on any atom is -0.367 e. The van der Waals surface area contributed by atoms with Crippen molar-refractivity contribution in [2.24, 2.45) is 0 Å². The lowest BCUT2D eigenvalue weighted by molar-refractivity contribution is 0.231. The maximum Gasteiger partial charge on any atom is 0.0405 e. The van der Waals surface area contributed by atoms with E-state index in [9.17, 15) is 0 Å². The summed E-state index contributed by atoms with van der Waals surface area (Å²) in [5.74, 6) is 0.662.